The van der Waals surface area contributed by atoms with Crippen LogP contribution in [0, 0.1) is 6.92 Å². The highest BCUT2D eigenvalue weighted by atomic mass is 32.2. The minimum atomic E-state index is -0.0668. The second kappa shape index (κ2) is 5.97. The fraction of sp³-hybridized carbons (Fsp3) is 0.133. The van der Waals surface area contributed by atoms with E-state index in [9.17, 15) is 4.79 Å². The maximum Gasteiger partial charge on any atom is 0.234 e. The van der Waals surface area contributed by atoms with E-state index in [1.165, 1.54) is 17.3 Å². The maximum atomic E-state index is 11.9. The molecular formula is C15H14N4OS. The van der Waals surface area contributed by atoms with Gasteiger partial charge in [-0.25, -0.2) is 4.98 Å². The number of imidazole rings is 1. The van der Waals surface area contributed by atoms with Gasteiger partial charge in [0.2, 0.25) is 5.91 Å². The van der Waals surface area contributed by atoms with Crippen LogP contribution >= 0.6 is 11.8 Å². The average Bonchev–Trinajstić information content (AvgIpc) is 2.88. The van der Waals surface area contributed by atoms with Crippen molar-refractivity contribution in [1.29, 1.82) is 0 Å². The van der Waals surface area contributed by atoms with Gasteiger partial charge in [-0.3, -0.25) is 9.78 Å². The van der Waals surface area contributed by atoms with Crippen molar-refractivity contribution in [2.45, 2.75) is 12.1 Å². The van der Waals surface area contributed by atoms with Crippen LogP contribution in [0.3, 0.4) is 0 Å². The molecule has 6 heteroatoms. The van der Waals surface area contributed by atoms with Crippen molar-refractivity contribution >= 4 is 34.4 Å². The molecule has 0 atom stereocenters. The highest BCUT2D eigenvalue weighted by molar-refractivity contribution is 7.99. The van der Waals surface area contributed by atoms with Gasteiger partial charge in [0.15, 0.2) is 5.16 Å². The zero-order chi connectivity index (χ0) is 14.7. The third-order valence-corrected chi connectivity index (χ3v) is 3.79. The third kappa shape index (κ3) is 3.41. The van der Waals surface area contributed by atoms with Crippen molar-refractivity contribution in [3.05, 3.63) is 48.3 Å². The first-order valence-corrected chi connectivity index (χ1v) is 7.48. The van der Waals surface area contributed by atoms with Crippen LogP contribution < -0.4 is 5.32 Å². The van der Waals surface area contributed by atoms with Gasteiger partial charge in [-0.2, -0.15) is 0 Å². The SMILES string of the molecule is Cc1ccc2nc(SCC(=O)Nc3ccncc3)[nH]c2c1. The molecule has 2 N–H and O–H groups in total. The van der Waals surface area contributed by atoms with E-state index in [0.29, 0.717) is 5.75 Å². The minimum Gasteiger partial charge on any atom is -0.333 e. The molecule has 3 rings (SSSR count). The molecule has 1 amide bonds. The van der Waals surface area contributed by atoms with Crippen LogP contribution in [-0.2, 0) is 4.79 Å². The number of anilines is 1. The zero-order valence-corrected chi connectivity index (χ0v) is 12.3. The van der Waals surface area contributed by atoms with E-state index in [2.05, 4.69) is 20.3 Å². The molecule has 2 aromatic heterocycles. The van der Waals surface area contributed by atoms with Gasteiger partial charge in [0, 0.05) is 18.1 Å². The number of thioether (sulfide) groups is 1. The highest BCUT2D eigenvalue weighted by Crippen LogP contribution is 2.20. The molecule has 0 bridgehead atoms. The minimum absolute atomic E-state index is 0.0668. The Kier molecular flexibility index (Phi) is 3.87. The van der Waals surface area contributed by atoms with Gasteiger partial charge in [0.05, 0.1) is 16.8 Å². The van der Waals surface area contributed by atoms with Crippen LogP contribution in [0.1, 0.15) is 5.56 Å². The monoisotopic (exact) mass is 298 g/mol. The first-order valence-electron chi connectivity index (χ1n) is 6.50. The quantitative estimate of drug-likeness (QED) is 0.726. The largest absolute Gasteiger partial charge is 0.333 e. The predicted molar refractivity (Wildman–Crippen MR) is 84.4 cm³/mol. The van der Waals surface area contributed by atoms with Crippen LogP contribution in [0.4, 0.5) is 5.69 Å². The number of fused-ring (bicyclic) bond motifs is 1. The summed E-state index contributed by atoms with van der Waals surface area (Å²) in [6, 6.07) is 9.55. The summed E-state index contributed by atoms with van der Waals surface area (Å²) in [6.07, 6.45) is 3.29. The molecule has 0 spiro atoms. The molecule has 0 fully saturated rings. The van der Waals surface area contributed by atoms with Crippen molar-refractivity contribution in [2.75, 3.05) is 11.1 Å². The Morgan fingerprint density at radius 3 is 2.90 bits per heavy atom. The lowest BCUT2D eigenvalue weighted by Gasteiger charge is -2.02. The van der Waals surface area contributed by atoms with Crippen LogP contribution in [0.5, 0.6) is 0 Å². The highest BCUT2D eigenvalue weighted by Gasteiger charge is 2.07. The van der Waals surface area contributed by atoms with Gasteiger partial charge < -0.3 is 10.3 Å². The molecule has 0 radical (unpaired) electrons. The molecule has 3 aromatic rings. The van der Waals surface area contributed by atoms with Crippen molar-refractivity contribution < 1.29 is 4.79 Å². The van der Waals surface area contributed by atoms with Crippen LogP contribution in [-0.4, -0.2) is 26.6 Å². The number of hydrogen-bond acceptors (Lipinski definition) is 4. The second-order valence-corrected chi connectivity index (χ2v) is 5.60. The first-order chi connectivity index (χ1) is 10.2. The number of hydrogen-bond donors (Lipinski definition) is 2. The van der Waals surface area contributed by atoms with Gasteiger partial charge in [0.1, 0.15) is 0 Å². The zero-order valence-electron chi connectivity index (χ0n) is 11.5. The van der Waals surface area contributed by atoms with Crippen molar-refractivity contribution in [3.63, 3.8) is 0 Å². The van der Waals surface area contributed by atoms with Crippen molar-refractivity contribution in [2.24, 2.45) is 0 Å². The summed E-state index contributed by atoms with van der Waals surface area (Å²) in [5.41, 5.74) is 3.83. The number of amides is 1. The predicted octanol–water partition coefficient (Wildman–Crippen LogP) is 3.00. The molecule has 5 nitrogen and oxygen atoms in total. The number of pyridine rings is 1. The van der Waals surface area contributed by atoms with E-state index in [4.69, 9.17) is 0 Å². The number of benzene rings is 1. The normalized spacial score (nSPS) is 10.7. The van der Waals surface area contributed by atoms with E-state index >= 15 is 0 Å². The number of nitrogens with zero attached hydrogens (tertiary/aromatic N) is 2. The number of nitrogens with one attached hydrogen (secondary N) is 2. The summed E-state index contributed by atoms with van der Waals surface area (Å²) < 4.78 is 0. The fourth-order valence-corrected chi connectivity index (χ4v) is 2.62. The van der Waals surface area contributed by atoms with Gasteiger partial charge in [-0.1, -0.05) is 17.8 Å². The topological polar surface area (TPSA) is 70.7 Å². The summed E-state index contributed by atoms with van der Waals surface area (Å²) in [6.45, 7) is 2.04. The Balaban J connectivity index is 1.62. The smallest absolute Gasteiger partial charge is 0.234 e. The second-order valence-electron chi connectivity index (χ2n) is 4.64. The molecule has 106 valence electrons. The van der Waals surface area contributed by atoms with Gasteiger partial charge in [-0.05, 0) is 36.8 Å². The van der Waals surface area contributed by atoms with E-state index < -0.39 is 0 Å². The maximum absolute atomic E-state index is 11.9. The van der Waals surface area contributed by atoms with E-state index in [0.717, 1.165) is 21.9 Å². The number of carbonyl (C=O) groups excluding carboxylic acids is 1. The Bertz CT molecular complexity index is 770. The Labute approximate surface area is 126 Å². The average molecular weight is 298 g/mol. The summed E-state index contributed by atoms with van der Waals surface area (Å²) in [5.74, 6) is 0.240. The number of carbonyl (C=O) groups is 1. The molecule has 0 aliphatic rings. The van der Waals surface area contributed by atoms with Crippen LogP contribution in [0.2, 0.25) is 0 Å². The van der Waals surface area contributed by atoms with Gasteiger partial charge >= 0.3 is 0 Å². The molecule has 21 heavy (non-hydrogen) atoms. The summed E-state index contributed by atoms with van der Waals surface area (Å²) in [4.78, 5) is 23.4. The molecular weight excluding hydrogens is 284 g/mol. The third-order valence-electron chi connectivity index (χ3n) is 2.92. The molecule has 0 aliphatic carbocycles. The van der Waals surface area contributed by atoms with E-state index in [1.807, 2.05) is 25.1 Å². The fourth-order valence-electron chi connectivity index (χ4n) is 1.93. The first kappa shape index (κ1) is 13.6. The Morgan fingerprint density at radius 2 is 2.10 bits per heavy atom. The lowest BCUT2D eigenvalue weighted by Crippen LogP contribution is -2.14. The summed E-state index contributed by atoms with van der Waals surface area (Å²) in [5, 5.41) is 3.56. The number of aromatic nitrogens is 3. The molecule has 0 saturated heterocycles. The summed E-state index contributed by atoms with van der Waals surface area (Å²) in [7, 11) is 0. The van der Waals surface area contributed by atoms with Crippen LogP contribution in [0.25, 0.3) is 11.0 Å². The van der Waals surface area contributed by atoms with E-state index in [-0.39, 0.29) is 5.91 Å². The van der Waals surface area contributed by atoms with Gasteiger partial charge in [0.25, 0.3) is 0 Å². The Hall–Kier alpha value is -2.34. The number of aromatic amines is 1. The van der Waals surface area contributed by atoms with E-state index in [1.54, 1.807) is 24.5 Å². The lowest BCUT2D eigenvalue weighted by atomic mass is 10.2. The molecule has 2 heterocycles. The Morgan fingerprint density at radius 1 is 1.29 bits per heavy atom. The van der Waals surface area contributed by atoms with Crippen molar-refractivity contribution in [3.8, 4) is 0 Å². The van der Waals surface area contributed by atoms with Crippen molar-refractivity contribution in [1.82, 2.24) is 15.0 Å². The van der Waals surface area contributed by atoms with Crippen LogP contribution in [0.15, 0.2) is 47.9 Å². The molecule has 0 saturated carbocycles. The number of H-pyrrole nitrogens is 1. The molecule has 0 aliphatic heterocycles. The number of aryl methyl sites for hydroxylation is 1. The van der Waals surface area contributed by atoms with Gasteiger partial charge in [-0.15, -0.1) is 0 Å². The summed E-state index contributed by atoms with van der Waals surface area (Å²) >= 11 is 1.39. The molecule has 0 unspecified atom stereocenters. The lowest BCUT2D eigenvalue weighted by molar-refractivity contribution is -0.113. The molecule has 1 aromatic carbocycles. The standard InChI is InChI=1S/C15H14N4OS/c1-10-2-3-12-13(8-10)19-15(18-12)21-9-14(20)17-11-4-6-16-7-5-11/h2-8H,9H2,1H3,(H,18,19)(H,16,17,20). The number of rotatable bonds is 4.